The highest BCUT2D eigenvalue weighted by molar-refractivity contribution is 7.12. The van der Waals surface area contributed by atoms with Crippen molar-refractivity contribution in [3.8, 4) is 5.75 Å². The van der Waals surface area contributed by atoms with Crippen LogP contribution in [-0.4, -0.2) is 18.4 Å². The predicted octanol–water partition coefficient (Wildman–Crippen LogP) is 4.94. The Hall–Kier alpha value is -3.12. The highest BCUT2D eigenvalue weighted by Crippen LogP contribution is 2.22. The van der Waals surface area contributed by atoms with Crippen molar-refractivity contribution < 1.29 is 14.3 Å². The molecule has 0 saturated carbocycles. The van der Waals surface area contributed by atoms with Gasteiger partial charge in [-0.1, -0.05) is 18.2 Å². The molecule has 144 valence electrons. The van der Waals surface area contributed by atoms with E-state index in [0.717, 1.165) is 16.7 Å². The number of thiophene rings is 1. The van der Waals surface area contributed by atoms with E-state index in [1.165, 1.54) is 11.3 Å². The Morgan fingerprint density at radius 2 is 1.79 bits per heavy atom. The summed E-state index contributed by atoms with van der Waals surface area (Å²) in [6.45, 7) is 5.74. The van der Waals surface area contributed by atoms with Crippen molar-refractivity contribution in [3.05, 3.63) is 75.5 Å². The number of rotatable bonds is 6. The van der Waals surface area contributed by atoms with Gasteiger partial charge in [0.2, 0.25) is 0 Å². The van der Waals surface area contributed by atoms with Crippen LogP contribution in [0.25, 0.3) is 0 Å². The fourth-order valence-corrected chi connectivity index (χ4v) is 3.30. The first-order valence-corrected chi connectivity index (χ1v) is 9.76. The number of nitrogens with one attached hydrogen (secondary N) is 2. The summed E-state index contributed by atoms with van der Waals surface area (Å²) in [5.41, 5.74) is 4.29. The zero-order valence-electron chi connectivity index (χ0n) is 16.0. The molecule has 0 aliphatic rings. The van der Waals surface area contributed by atoms with Crippen LogP contribution in [-0.2, 0) is 4.79 Å². The average molecular weight is 394 g/mol. The maximum absolute atomic E-state index is 12.2. The van der Waals surface area contributed by atoms with Crippen molar-refractivity contribution in [2.45, 2.75) is 20.8 Å². The van der Waals surface area contributed by atoms with Crippen LogP contribution in [0.3, 0.4) is 0 Å². The Morgan fingerprint density at radius 3 is 2.50 bits per heavy atom. The largest absolute Gasteiger partial charge is 0.483 e. The third-order valence-electron chi connectivity index (χ3n) is 4.21. The van der Waals surface area contributed by atoms with Crippen molar-refractivity contribution in [3.63, 3.8) is 0 Å². The van der Waals surface area contributed by atoms with Crippen LogP contribution < -0.4 is 15.4 Å². The Balaban J connectivity index is 1.58. The van der Waals surface area contributed by atoms with E-state index in [9.17, 15) is 9.59 Å². The van der Waals surface area contributed by atoms with E-state index in [2.05, 4.69) is 10.6 Å². The minimum Gasteiger partial charge on any atom is -0.483 e. The van der Waals surface area contributed by atoms with Gasteiger partial charge in [0.05, 0.1) is 4.88 Å². The van der Waals surface area contributed by atoms with E-state index in [-0.39, 0.29) is 18.4 Å². The minimum absolute atomic E-state index is 0.0692. The van der Waals surface area contributed by atoms with Crippen molar-refractivity contribution >= 4 is 34.5 Å². The lowest BCUT2D eigenvalue weighted by Gasteiger charge is -2.12. The van der Waals surface area contributed by atoms with Gasteiger partial charge in [-0.3, -0.25) is 9.59 Å². The summed E-state index contributed by atoms with van der Waals surface area (Å²) in [5.74, 6) is 0.324. The number of carbonyl (C=O) groups excluding carboxylic acids is 2. The number of ether oxygens (including phenoxy) is 1. The molecule has 2 amide bonds. The maximum Gasteiger partial charge on any atom is 0.265 e. The van der Waals surface area contributed by atoms with Gasteiger partial charge in [-0.25, -0.2) is 0 Å². The molecule has 3 rings (SSSR count). The van der Waals surface area contributed by atoms with Crippen LogP contribution in [0.15, 0.2) is 53.9 Å². The van der Waals surface area contributed by atoms with Crippen LogP contribution in [0.5, 0.6) is 5.75 Å². The molecule has 5 nitrogen and oxygen atoms in total. The molecule has 0 unspecified atom stereocenters. The van der Waals surface area contributed by atoms with Crippen molar-refractivity contribution in [1.82, 2.24) is 0 Å². The summed E-state index contributed by atoms with van der Waals surface area (Å²) in [4.78, 5) is 25.0. The molecule has 2 N–H and O–H groups in total. The standard InChI is InChI=1S/C22H22N2O3S/c1-14-6-7-15(2)19(11-14)27-13-21(25)23-17-8-9-18(16(3)12-17)24-22(26)20-5-4-10-28-20/h4-12H,13H2,1-3H3,(H,23,25)(H,24,26). The van der Waals surface area contributed by atoms with Crippen LogP contribution >= 0.6 is 11.3 Å². The Labute approximate surface area is 168 Å². The molecule has 0 saturated heterocycles. The van der Waals surface area contributed by atoms with Gasteiger partial charge in [0.25, 0.3) is 11.8 Å². The SMILES string of the molecule is Cc1ccc(C)c(OCC(=O)Nc2ccc(NC(=O)c3cccs3)c(C)c2)c1. The van der Waals surface area contributed by atoms with E-state index in [4.69, 9.17) is 4.74 Å². The number of amides is 2. The highest BCUT2D eigenvalue weighted by atomic mass is 32.1. The number of carbonyl (C=O) groups is 2. The molecule has 0 fully saturated rings. The summed E-state index contributed by atoms with van der Waals surface area (Å²) >= 11 is 1.39. The Kier molecular flexibility index (Phi) is 6.11. The number of aryl methyl sites for hydroxylation is 3. The summed E-state index contributed by atoms with van der Waals surface area (Å²) in [6.07, 6.45) is 0. The van der Waals surface area contributed by atoms with Crippen LogP contribution in [0.2, 0.25) is 0 Å². The lowest BCUT2D eigenvalue weighted by atomic mass is 10.1. The molecule has 0 radical (unpaired) electrons. The first-order chi connectivity index (χ1) is 13.4. The van der Waals surface area contributed by atoms with E-state index < -0.39 is 0 Å². The number of benzene rings is 2. The highest BCUT2D eigenvalue weighted by Gasteiger charge is 2.10. The molecular formula is C22H22N2O3S. The molecule has 0 spiro atoms. The van der Waals surface area contributed by atoms with E-state index in [0.29, 0.717) is 22.0 Å². The third kappa shape index (κ3) is 4.98. The Morgan fingerprint density at radius 1 is 0.964 bits per heavy atom. The zero-order chi connectivity index (χ0) is 20.1. The van der Waals surface area contributed by atoms with Crippen molar-refractivity contribution in [2.75, 3.05) is 17.2 Å². The van der Waals surface area contributed by atoms with Crippen LogP contribution in [0, 0.1) is 20.8 Å². The Bertz CT molecular complexity index is 997. The smallest absolute Gasteiger partial charge is 0.265 e. The molecule has 2 aromatic carbocycles. The maximum atomic E-state index is 12.2. The first-order valence-electron chi connectivity index (χ1n) is 8.88. The van der Waals surface area contributed by atoms with Crippen LogP contribution in [0.1, 0.15) is 26.4 Å². The fourth-order valence-electron chi connectivity index (χ4n) is 2.68. The molecule has 28 heavy (non-hydrogen) atoms. The molecule has 0 aliphatic carbocycles. The van der Waals surface area contributed by atoms with Gasteiger partial charge >= 0.3 is 0 Å². The number of anilines is 2. The van der Waals surface area contributed by atoms with Crippen molar-refractivity contribution in [2.24, 2.45) is 0 Å². The topological polar surface area (TPSA) is 67.4 Å². The summed E-state index contributed by atoms with van der Waals surface area (Å²) < 4.78 is 5.63. The molecule has 1 heterocycles. The van der Waals surface area contributed by atoms with Crippen molar-refractivity contribution in [1.29, 1.82) is 0 Å². The summed E-state index contributed by atoms with van der Waals surface area (Å²) in [6, 6.07) is 14.9. The molecule has 0 atom stereocenters. The second kappa shape index (κ2) is 8.71. The quantitative estimate of drug-likeness (QED) is 0.622. The van der Waals surface area contributed by atoms with Gasteiger partial charge in [0.15, 0.2) is 6.61 Å². The zero-order valence-corrected chi connectivity index (χ0v) is 16.9. The van der Waals surface area contributed by atoms with Gasteiger partial charge < -0.3 is 15.4 Å². The molecule has 0 aliphatic heterocycles. The number of hydrogen-bond acceptors (Lipinski definition) is 4. The van der Waals surface area contributed by atoms with Gasteiger partial charge in [-0.15, -0.1) is 11.3 Å². The third-order valence-corrected chi connectivity index (χ3v) is 5.07. The van der Waals surface area contributed by atoms with E-state index in [1.54, 1.807) is 18.2 Å². The monoisotopic (exact) mass is 394 g/mol. The molecule has 0 bridgehead atoms. The van der Waals surface area contributed by atoms with E-state index >= 15 is 0 Å². The van der Waals surface area contributed by atoms with Gasteiger partial charge in [0, 0.05) is 11.4 Å². The molecule has 3 aromatic rings. The molecular weight excluding hydrogens is 372 g/mol. The normalized spacial score (nSPS) is 10.4. The lowest BCUT2D eigenvalue weighted by Crippen LogP contribution is -2.20. The number of hydrogen-bond donors (Lipinski definition) is 2. The second-order valence-corrected chi connectivity index (χ2v) is 7.51. The van der Waals surface area contributed by atoms with E-state index in [1.807, 2.05) is 56.5 Å². The molecule has 6 heteroatoms. The summed E-state index contributed by atoms with van der Waals surface area (Å²) in [7, 11) is 0. The second-order valence-electron chi connectivity index (χ2n) is 6.57. The van der Waals surface area contributed by atoms with Gasteiger partial charge in [0.1, 0.15) is 5.75 Å². The minimum atomic E-state index is -0.240. The van der Waals surface area contributed by atoms with Gasteiger partial charge in [-0.2, -0.15) is 0 Å². The summed E-state index contributed by atoms with van der Waals surface area (Å²) in [5, 5.41) is 7.57. The predicted molar refractivity (Wildman–Crippen MR) is 113 cm³/mol. The van der Waals surface area contributed by atoms with Crippen LogP contribution in [0.4, 0.5) is 11.4 Å². The average Bonchev–Trinajstić information content (AvgIpc) is 3.19. The lowest BCUT2D eigenvalue weighted by molar-refractivity contribution is -0.118. The fraction of sp³-hybridized carbons (Fsp3) is 0.182. The first kappa shape index (κ1) is 19.6. The van der Waals surface area contributed by atoms with Gasteiger partial charge in [-0.05, 0) is 73.2 Å². The molecule has 1 aromatic heterocycles.